The van der Waals surface area contributed by atoms with Crippen molar-refractivity contribution in [2.24, 2.45) is 5.73 Å². The number of amides is 3. The molecular weight excluding hydrogens is 182 g/mol. The van der Waals surface area contributed by atoms with E-state index in [1.54, 1.807) is 27.8 Å². The second-order valence-electron chi connectivity index (χ2n) is 4.48. The smallest absolute Gasteiger partial charge is 0.324 e. The summed E-state index contributed by atoms with van der Waals surface area (Å²) in [6.45, 7) is 5.55. The zero-order valence-corrected chi connectivity index (χ0v) is 9.07. The summed E-state index contributed by atoms with van der Waals surface area (Å²) in [7, 11) is 1.62. The van der Waals surface area contributed by atoms with Gasteiger partial charge in [0.1, 0.15) is 6.04 Å². The summed E-state index contributed by atoms with van der Waals surface area (Å²) < 4.78 is 0. The van der Waals surface area contributed by atoms with E-state index in [9.17, 15) is 9.59 Å². The second-order valence-corrected chi connectivity index (χ2v) is 4.48. The van der Waals surface area contributed by atoms with Crippen LogP contribution in [-0.2, 0) is 4.79 Å². The SMILES string of the molecule is CC1C(=O)N(CC(C)(C)N)C(=O)N1C. The fourth-order valence-corrected chi connectivity index (χ4v) is 1.39. The van der Waals surface area contributed by atoms with E-state index in [0.29, 0.717) is 0 Å². The third-order valence-electron chi connectivity index (χ3n) is 2.30. The minimum atomic E-state index is -0.545. The number of likely N-dealkylation sites (N-methyl/N-ethyl adjacent to an activating group) is 1. The van der Waals surface area contributed by atoms with Crippen molar-refractivity contribution in [2.45, 2.75) is 32.4 Å². The van der Waals surface area contributed by atoms with Crippen LogP contribution in [0.5, 0.6) is 0 Å². The quantitative estimate of drug-likeness (QED) is 0.637. The Morgan fingerprint density at radius 1 is 1.43 bits per heavy atom. The van der Waals surface area contributed by atoms with Gasteiger partial charge in [-0.2, -0.15) is 0 Å². The molecule has 5 heteroatoms. The van der Waals surface area contributed by atoms with Crippen LogP contribution in [0.25, 0.3) is 0 Å². The fraction of sp³-hybridized carbons (Fsp3) is 0.778. The van der Waals surface area contributed by atoms with Crippen molar-refractivity contribution in [3.8, 4) is 0 Å². The second kappa shape index (κ2) is 3.24. The predicted octanol–water partition coefficient (Wildman–Crippen LogP) is 0.00620. The van der Waals surface area contributed by atoms with E-state index in [2.05, 4.69) is 0 Å². The summed E-state index contributed by atoms with van der Waals surface area (Å²) in [5.74, 6) is -0.170. The number of rotatable bonds is 2. The summed E-state index contributed by atoms with van der Waals surface area (Å²) in [5.41, 5.74) is 5.22. The Kier molecular flexibility index (Phi) is 2.54. The highest BCUT2D eigenvalue weighted by Gasteiger charge is 2.41. The molecule has 0 aromatic carbocycles. The summed E-state index contributed by atoms with van der Waals surface area (Å²) in [5, 5.41) is 0. The van der Waals surface area contributed by atoms with Crippen LogP contribution in [0.1, 0.15) is 20.8 Å². The number of carbonyl (C=O) groups excluding carboxylic acids is 2. The molecule has 0 radical (unpaired) electrons. The van der Waals surface area contributed by atoms with Gasteiger partial charge in [0, 0.05) is 19.1 Å². The minimum Gasteiger partial charge on any atom is -0.324 e. The average Bonchev–Trinajstić information content (AvgIpc) is 2.20. The van der Waals surface area contributed by atoms with E-state index in [0.717, 1.165) is 0 Å². The van der Waals surface area contributed by atoms with Crippen molar-refractivity contribution >= 4 is 11.9 Å². The fourth-order valence-electron chi connectivity index (χ4n) is 1.39. The van der Waals surface area contributed by atoms with Gasteiger partial charge in [-0.05, 0) is 20.8 Å². The van der Waals surface area contributed by atoms with Crippen molar-refractivity contribution in [3.05, 3.63) is 0 Å². The van der Waals surface area contributed by atoms with Crippen LogP contribution >= 0.6 is 0 Å². The molecule has 2 N–H and O–H groups in total. The van der Waals surface area contributed by atoms with E-state index < -0.39 is 5.54 Å². The number of imide groups is 1. The largest absolute Gasteiger partial charge is 0.327 e. The molecule has 0 spiro atoms. The maximum Gasteiger partial charge on any atom is 0.327 e. The first kappa shape index (κ1) is 11.0. The molecule has 3 amide bonds. The lowest BCUT2D eigenvalue weighted by Gasteiger charge is -2.24. The Hall–Kier alpha value is -1.10. The Bertz CT molecular complexity index is 250. The van der Waals surface area contributed by atoms with Gasteiger partial charge in [0.05, 0.1) is 0 Å². The van der Waals surface area contributed by atoms with Crippen LogP contribution in [0.2, 0.25) is 0 Å². The molecule has 0 aromatic rings. The normalized spacial score (nSPS) is 23.6. The van der Waals surface area contributed by atoms with Crippen LogP contribution in [-0.4, -0.2) is 46.9 Å². The van der Waals surface area contributed by atoms with Crippen LogP contribution in [0.15, 0.2) is 0 Å². The van der Waals surface area contributed by atoms with Crippen LogP contribution in [0.4, 0.5) is 4.79 Å². The topological polar surface area (TPSA) is 66.6 Å². The molecule has 0 saturated carbocycles. The van der Waals surface area contributed by atoms with Crippen LogP contribution in [0, 0.1) is 0 Å². The molecule has 1 fully saturated rings. The lowest BCUT2D eigenvalue weighted by molar-refractivity contribution is -0.128. The number of carbonyl (C=O) groups is 2. The third-order valence-corrected chi connectivity index (χ3v) is 2.30. The van der Waals surface area contributed by atoms with Gasteiger partial charge in [0.25, 0.3) is 5.91 Å². The number of hydrogen-bond donors (Lipinski definition) is 1. The summed E-state index contributed by atoms with van der Waals surface area (Å²) in [4.78, 5) is 25.8. The number of urea groups is 1. The van der Waals surface area contributed by atoms with Gasteiger partial charge in [-0.25, -0.2) is 4.79 Å². The van der Waals surface area contributed by atoms with Gasteiger partial charge in [-0.3, -0.25) is 9.69 Å². The van der Waals surface area contributed by atoms with Gasteiger partial charge >= 0.3 is 6.03 Å². The Labute approximate surface area is 83.8 Å². The average molecular weight is 199 g/mol. The minimum absolute atomic E-state index is 0.170. The molecule has 0 aliphatic carbocycles. The van der Waals surface area contributed by atoms with E-state index in [-0.39, 0.29) is 24.5 Å². The maximum absolute atomic E-state index is 11.6. The highest BCUT2D eigenvalue weighted by Crippen LogP contribution is 2.17. The number of nitrogens with two attached hydrogens (primary N) is 1. The Morgan fingerprint density at radius 2 is 1.93 bits per heavy atom. The molecular formula is C9H17N3O2. The highest BCUT2D eigenvalue weighted by atomic mass is 16.2. The van der Waals surface area contributed by atoms with E-state index >= 15 is 0 Å². The highest BCUT2D eigenvalue weighted by molar-refractivity contribution is 6.03. The summed E-state index contributed by atoms with van der Waals surface area (Å²) in [6.07, 6.45) is 0. The van der Waals surface area contributed by atoms with Crippen LogP contribution < -0.4 is 5.73 Å². The molecule has 1 heterocycles. The molecule has 1 aliphatic rings. The van der Waals surface area contributed by atoms with Crippen molar-refractivity contribution in [1.82, 2.24) is 9.80 Å². The molecule has 1 atom stereocenters. The van der Waals surface area contributed by atoms with Gasteiger partial charge < -0.3 is 10.6 Å². The first-order valence-corrected chi connectivity index (χ1v) is 4.61. The van der Waals surface area contributed by atoms with E-state index in [1.807, 2.05) is 0 Å². The molecule has 1 unspecified atom stereocenters. The standard InChI is InChI=1S/C9H17N3O2/c1-6-7(13)12(5-9(2,3)10)8(14)11(6)4/h6H,5,10H2,1-4H3. The van der Waals surface area contributed by atoms with Crippen molar-refractivity contribution < 1.29 is 9.59 Å². The number of nitrogens with zero attached hydrogens (tertiary/aromatic N) is 2. The molecule has 0 bridgehead atoms. The Morgan fingerprint density at radius 3 is 2.21 bits per heavy atom. The lowest BCUT2D eigenvalue weighted by atomic mass is 10.1. The van der Waals surface area contributed by atoms with Crippen LogP contribution in [0.3, 0.4) is 0 Å². The monoisotopic (exact) mass is 199 g/mol. The number of hydrogen-bond acceptors (Lipinski definition) is 3. The third kappa shape index (κ3) is 1.87. The molecule has 1 saturated heterocycles. The van der Waals surface area contributed by atoms with Gasteiger partial charge in [0.2, 0.25) is 0 Å². The molecule has 14 heavy (non-hydrogen) atoms. The first-order valence-electron chi connectivity index (χ1n) is 4.61. The van der Waals surface area contributed by atoms with E-state index in [4.69, 9.17) is 5.73 Å². The van der Waals surface area contributed by atoms with Crippen molar-refractivity contribution in [3.63, 3.8) is 0 Å². The van der Waals surface area contributed by atoms with Gasteiger partial charge in [0.15, 0.2) is 0 Å². The molecule has 1 rings (SSSR count). The first-order chi connectivity index (χ1) is 6.24. The maximum atomic E-state index is 11.6. The summed E-state index contributed by atoms with van der Waals surface area (Å²) in [6, 6.07) is -0.633. The van der Waals surface area contributed by atoms with Gasteiger partial charge in [-0.15, -0.1) is 0 Å². The zero-order chi connectivity index (χ0) is 11.1. The van der Waals surface area contributed by atoms with Crippen molar-refractivity contribution in [2.75, 3.05) is 13.6 Å². The summed E-state index contributed by atoms with van der Waals surface area (Å²) >= 11 is 0. The lowest BCUT2D eigenvalue weighted by Crippen LogP contribution is -2.48. The molecule has 5 nitrogen and oxygen atoms in total. The van der Waals surface area contributed by atoms with Crippen molar-refractivity contribution in [1.29, 1.82) is 0 Å². The Balaban J connectivity index is 2.81. The predicted molar refractivity (Wildman–Crippen MR) is 52.6 cm³/mol. The molecule has 80 valence electrons. The zero-order valence-electron chi connectivity index (χ0n) is 9.07. The molecule has 1 aliphatic heterocycles. The van der Waals surface area contributed by atoms with E-state index in [1.165, 1.54) is 9.80 Å². The molecule has 0 aromatic heterocycles. The van der Waals surface area contributed by atoms with Gasteiger partial charge in [-0.1, -0.05) is 0 Å².